The van der Waals surface area contributed by atoms with Crippen molar-refractivity contribution in [3.8, 4) is 5.75 Å². The van der Waals surface area contributed by atoms with Crippen LogP contribution in [0.25, 0.3) is 10.9 Å². The summed E-state index contributed by atoms with van der Waals surface area (Å²) < 4.78 is 0. The van der Waals surface area contributed by atoms with Gasteiger partial charge in [-0.3, -0.25) is 9.78 Å². The van der Waals surface area contributed by atoms with Gasteiger partial charge in [-0.15, -0.1) is 0 Å². The summed E-state index contributed by atoms with van der Waals surface area (Å²) in [5.74, 6) is -0.189. The number of rotatable bonds is 1. The summed E-state index contributed by atoms with van der Waals surface area (Å²) in [5, 5.41) is 10.6. The standard InChI is InChI=1S/C11H9NO2/c1-7(13)9-5-4-8-3-2-6-12-10(8)11(9)14/h2-6,14H,1H3. The van der Waals surface area contributed by atoms with Gasteiger partial charge in [-0.1, -0.05) is 12.1 Å². The fourth-order valence-electron chi connectivity index (χ4n) is 1.41. The summed E-state index contributed by atoms with van der Waals surface area (Å²) in [5.41, 5.74) is 0.788. The summed E-state index contributed by atoms with van der Waals surface area (Å²) in [4.78, 5) is 15.1. The first-order valence-corrected chi connectivity index (χ1v) is 4.28. The molecule has 70 valence electrons. The normalized spacial score (nSPS) is 10.4. The van der Waals surface area contributed by atoms with E-state index in [0.29, 0.717) is 11.1 Å². The lowest BCUT2D eigenvalue weighted by atomic mass is 10.1. The average molecular weight is 187 g/mol. The van der Waals surface area contributed by atoms with Crippen LogP contribution in [-0.2, 0) is 0 Å². The lowest BCUT2D eigenvalue weighted by Gasteiger charge is -2.03. The van der Waals surface area contributed by atoms with Crippen LogP contribution in [0.15, 0.2) is 30.5 Å². The Bertz CT molecular complexity index is 506. The third kappa shape index (κ3) is 1.23. The third-order valence-electron chi connectivity index (χ3n) is 2.13. The highest BCUT2D eigenvalue weighted by molar-refractivity contribution is 6.02. The van der Waals surface area contributed by atoms with Gasteiger partial charge in [0.05, 0.1) is 5.56 Å². The molecule has 1 N–H and O–H groups in total. The number of hydrogen-bond acceptors (Lipinski definition) is 3. The van der Waals surface area contributed by atoms with E-state index >= 15 is 0 Å². The molecule has 0 saturated carbocycles. The summed E-state index contributed by atoms with van der Waals surface area (Å²) in [7, 11) is 0. The van der Waals surface area contributed by atoms with Gasteiger partial charge in [0.1, 0.15) is 5.52 Å². The smallest absolute Gasteiger partial charge is 0.163 e. The van der Waals surface area contributed by atoms with Crippen LogP contribution in [0.4, 0.5) is 0 Å². The van der Waals surface area contributed by atoms with Gasteiger partial charge in [0.15, 0.2) is 11.5 Å². The largest absolute Gasteiger partial charge is 0.505 e. The highest BCUT2D eigenvalue weighted by Gasteiger charge is 2.09. The second-order valence-corrected chi connectivity index (χ2v) is 3.09. The van der Waals surface area contributed by atoms with Crippen LogP contribution in [0.2, 0.25) is 0 Å². The Morgan fingerprint density at radius 1 is 1.36 bits per heavy atom. The fraction of sp³-hybridized carbons (Fsp3) is 0.0909. The van der Waals surface area contributed by atoms with Crippen molar-refractivity contribution in [2.45, 2.75) is 6.92 Å². The lowest BCUT2D eigenvalue weighted by Crippen LogP contribution is -1.93. The monoisotopic (exact) mass is 187 g/mol. The van der Waals surface area contributed by atoms with E-state index in [0.717, 1.165) is 5.39 Å². The van der Waals surface area contributed by atoms with Gasteiger partial charge < -0.3 is 5.11 Å². The Balaban J connectivity index is 2.81. The summed E-state index contributed by atoms with van der Waals surface area (Å²) in [6.07, 6.45) is 1.59. The zero-order valence-electron chi connectivity index (χ0n) is 7.69. The van der Waals surface area contributed by atoms with Crippen LogP contribution < -0.4 is 0 Å². The average Bonchev–Trinajstić information content (AvgIpc) is 2.18. The number of aromatic nitrogens is 1. The molecule has 3 heteroatoms. The molecular formula is C11H9NO2. The van der Waals surface area contributed by atoms with Crippen molar-refractivity contribution in [3.63, 3.8) is 0 Å². The molecule has 1 aromatic carbocycles. The highest BCUT2D eigenvalue weighted by atomic mass is 16.3. The van der Waals surface area contributed by atoms with E-state index in [1.165, 1.54) is 6.92 Å². The molecular weight excluding hydrogens is 178 g/mol. The SMILES string of the molecule is CC(=O)c1ccc2cccnc2c1O. The van der Waals surface area contributed by atoms with E-state index < -0.39 is 0 Å². The number of carbonyl (C=O) groups excluding carboxylic acids is 1. The first-order chi connectivity index (χ1) is 6.70. The van der Waals surface area contributed by atoms with Crippen LogP contribution >= 0.6 is 0 Å². The van der Waals surface area contributed by atoms with Crippen molar-refractivity contribution in [2.75, 3.05) is 0 Å². The second-order valence-electron chi connectivity index (χ2n) is 3.09. The van der Waals surface area contributed by atoms with Gasteiger partial charge in [0.25, 0.3) is 0 Å². The van der Waals surface area contributed by atoms with E-state index in [1.807, 2.05) is 6.07 Å². The summed E-state index contributed by atoms with van der Waals surface area (Å²) in [6.45, 7) is 1.42. The van der Waals surface area contributed by atoms with Gasteiger partial charge in [-0.25, -0.2) is 0 Å². The van der Waals surface area contributed by atoms with E-state index in [-0.39, 0.29) is 11.5 Å². The van der Waals surface area contributed by atoms with Crippen LogP contribution in [-0.4, -0.2) is 15.9 Å². The lowest BCUT2D eigenvalue weighted by molar-refractivity contribution is 0.101. The van der Waals surface area contributed by atoms with Crippen LogP contribution in [0, 0.1) is 0 Å². The predicted molar refractivity (Wildman–Crippen MR) is 53.4 cm³/mol. The number of fused-ring (bicyclic) bond motifs is 1. The molecule has 0 aliphatic carbocycles. The molecule has 0 fully saturated rings. The minimum atomic E-state index is -0.157. The molecule has 2 rings (SSSR count). The van der Waals surface area contributed by atoms with Crippen molar-refractivity contribution in [3.05, 3.63) is 36.0 Å². The molecule has 0 spiro atoms. The summed E-state index contributed by atoms with van der Waals surface area (Å²) >= 11 is 0. The number of aromatic hydroxyl groups is 1. The fourth-order valence-corrected chi connectivity index (χ4v) is 1.41. The van der Waals surface area contributed by atoms with Gasteiger partial charge >= 0.3 is 0 Å². The van der Waals surface area contributed by atoms with Crippen LogP contribution in [0.3, 0.4) is 0 Å². The topological polar surface area (TPSA) is 50.2 Å². The number of ketones is 1. The molecule has 3 nitrogen and oxygen atoms in total. The molecule has 2 aromatic rings. The quantitative estimate of drug-likeness (QED) is 0.696. The van der Waals surface area contributed by atoms with Gasteiger partial charge in [-0.05, 0) is 19.1 Å². The number of phenols is 1. The van der Waals surface area contributed by atoms with Crippen LogP contribution in [0.5, 0.6) is 5.75 Å². The molecule has 14 heavy (non-hydrogen) atoms. The Labute approximate surface area is 81.0 Å². The zero-order valence-corrected chi connectivity index (χ0v) is 7.69. The van der Waals surface area contributed by atoms with Crippen molar-refractivity contribution < 1.29 is 9.90 Å². The molecule has 0 radical (unpaired) electrons. The Morgan fingerprint density at radius 2 is 2.14 bits per heavy atom. The first kappa shape index (κ1) is 8.69. The third-order valence-corrected chi connectivity index (χ3v) is 2.13. The number of pyridine rings is 1. The molecule has 0 amide bonds. The number of benzene rings is 1. The summed E-state index contributed by atoms with van der Waals surface area (Å²) in [6, 6.07) is 7.02. The first-order valence-electron chi connectivity index (χ1n) is 4.28. The predicted octanol–water partition coefficient (Wildman–Crippen LogP) is 2.14. The van der Waals surface area contributed by atoms with Gasteiger partial charge in [0, 0.05) is 11.6 Å². The molecule has 1 heterocycles. The Kier molecular flexibility index (Phi) is 1.93. The highest BCUT2D eigenvalue weighted by Crippen LogP contribution is 2.26. The maximum atomic E-state index is 11.1. The molecule has 0 unspecified atom stereocenters. The molecule has 0 atom stereocenters. The molecule has 0 bridgehead atoms. The Morgan fingerprint density at radius 3 is 2.86 bits per heavy atom. The Hall–Kier alpha value is -1.90. The van der Waals surface area contributed by atoms with Crippen molar-refractivity contribution in [1.29, 1.82) is 0 Å². The molecule has 1 aromatic heterocycles. The molecule has 0 saturated heterocycles. The number of phenolic OH excluding ortho intramolecular Hbond substituents is 1. The van der Waals surface area contributed by atoms with E-state index in [1.54, 1.807) is 24.4 Å². The maximum Gasteiger partial charge on any atom is 0.163 e. The minimum Gasteiger partial charge on any atom is -0.505 e. The van der Waals surface area contributed by atoms with Crippen molar-refractivity contribution >= 4 is 16.7 Å². The van der Waals surface area contributed by atoms with Gasteiger partial charge in [-0.2, -0.15) is 0 Å². The van der Waals surface area contributed by atoms with Gasteiger partial charge in [0.2, 0.25) is 0 Å². The van der Waals surface area contributed by atoms with Crippen molar-refractivity contribution in [2.24, 2.45) is 0 Å². The van der Waals surface area contributed by atoms with E-state index in [4.69, 9.17) is 0 Å². The molecule has 0 aliphatic rings. The minimum absolute atomic E-state index is 0.0319. The maximum absolute atomic E-state index is 11.1. The van der Waals surface area contributed by atoms with E-state index in [2.05, 4.69) is 4.98 Å². The number of hydrogen-bond donors (Lipinski definition) is 1. The molecule has 0 aliphatic heterocycles. The number of Topliss-reactive ketones (excluding diaryl/α,β-unsaturated/α-hetero) is 1. The number of nitrogens with zero attached hydrogens (tertiary/aromatic N) is 1. The number of carbonyl (C=O) groups is 1. The van der Waals surface area contributed by atoms with Crippen LogP contribution in [0.1, 0.15) is 17.3 Å². The van der Waals surface area contributed by atoms with E-state index in [9.17, 15) is 9.90 Å². The zero-order chi connectivity index (χ0) is 10.1. The second kappa shape index (κ2) is 3.10. The van der Waals surface area contributed by atoms with Crippen molar-refractivity contribution in [1.82, 2.24) is 4.98 Å².